The molecule has 0 aliphatic heterocycles. The molecule has 0 bridgehead atoms. The first-order valence-electron chi connectivity index (χ1n) is 9.80. The molecule has 0 atom stereocenters. The molecule has 0 fully saturated rings. The summed E-state index contributed by atoms with van der Waals surface area (Å²) in [5, 5.41) is 4.04. The van der Waals surface area contributed by atoms with Crippen LogP contribution < -0.4 is 15.6 Å². The van der Waals surface area contributed by atoms with Gasteiger partial charge in [0, 0.05) is 28.7 Å². The summed E-state index contributed by atoms with van der Waals surface area (Å²) in [6.45, 7) is 2.08. The molecule has 0 spiro atoms. The highest BCUT2D eigenvalue weighted by molar-refractivity contribution is 6.12. The monoisotopic (exact) mass is 398 g/mol. The number of amides is 1. The third-order valence-electron chi connectivity index (χ3n) is 5.12. The molecule has 0 unspecified atom stereocenters. The Morgan fingerprint density at radius 3 is 2.40 bits per heavy atom. The summed E-state index contributed by atoms with van der Waals surface area (Å²) in [6.07, 6.45) is 2.53. The van der Waals surface area contributed by atoms with Gasteiger partial charge in [-0.05, 0) is 42.3 Å². The summed E-state index contributed by atoms with van der Waals surface area (Å²) in [7, 11) is 1.57. The zero-order valence-corrected chi connectivity index (χ0v) is 16.9. The molecular formula is C25H22N2O3. The molecule has 0 saturated carbocycles. The number of fused-ring (bicyclic) bond motifs is 1. The van der Waals surface area contributed by atoms with E-state index in [1.54, 1.807) is 37.6 Å². The largest absolute Gasteiger partial charge is 0.497 e. The molecule has 0 aliphatic carbocycles. The number of carbonyl (C=O) groups is 1. The van der Waals surface area contributed by atoms with Gasteiger partial charge in [0.2, 0.25) is 0 Å². The van der Waals surface area contributed by atoms with Crippen molar-refractivity contribution in [1.29, 1.82) is 0 Å². The maximum Gasteiger partial charge on any atom is 0.262 e. The van der Waals surface area contributed by atoms with Crippen LogP contribution in [0.5, 0.6) is 5.75 Å². The normalized spacial score (nSPS) is 10.7. The van der Waals surface area contributed by atoms with Crippen LogP contribution >= 0.6 is 0 Å². The van der Waals surface area contributed by atoms with Crippen LogP contribution in [-0.2, 0) is 6.42 Å². The van der Waals surface area contributed by atoms with Gasteiger partial charge in [0.1, 0.15) is 5.75 Å². The van der Waals surface area contributed by atoms with Crippen molar-refractivity contribution in [2.45, 2.75) is 13.3 Å². The van der Waals surface area contributed by atoms with Crippen molar-refractivity contribution in [1.82, 2.24) is 4.57 Å². The number of nitrogens with zero attached hydrogens (tertiary/aromatic N) is 1. The number of pyridine rings is 1. The zero-order chi connectivity index (χ0) is 21.1. The second-order valence-electron chi connectivity index (χ2n) is 6.97. The Morgan fingerprint density at radius 2 is 1.70 bits per heavy atom. The van der Waals surface area contributed by atoms with Crippen molar-refractivity contribution < 1.29 is 9.53 Å². The second-order valence-corrected chi connectivity index (χ2v) is 6.97. The standard InChI is InChI=1S/C25H22N2O3/c1-3-17-11-13-18(14-12-17)26-24(28)23-16-27(19-7-6-8-20(15-19)30-2)25(29)22-10-5-4-9-21(22)23/h4-16H,3H2,1-2H3,(H,26,28). The Morgan fingerprint density at radius 1 is 0.967 bits per heavy atom. The molecule has 5 heteroatoms. The summed E-state index contributed by atoms with van der Waals surface area (Å²) in [6, 6.07) is 22.1. The van der Waals surface area contributed by atoms with Crippen LogP contribution in [0, 0.1) is 0 Å². The van der Waals surface area contributed by atoms with Gasteiger partial charge in [-0.2, -0.15) is 0 Å². The van der Waals surface area contributed by atoms with Crippen molar-refractivity contribution in [3.05, 3.63) is 100 Å². The van der Waals surface area contributed by atoms with E-state index in [1.165, 1.54) is 10.1 Å². The number of aromatic nitrogens is 1. The molecule has 1 aromatic heterocycles. The molecule has 1 amide bonds. The van der Waals surface area contributed by atoms with Gasteiger partial charge < -0.3 is 10.1 Å². The van der Waals surface area contributed by atoms with E-state index < -0.39 is 0 Å². The molecule has 1 heterocycles. The van der Waals surface area contributed by atoms with Crippen LogP contribution in [0.1, 0.15) is 22.8 Å². The van der Waals surface area contributed by atoms with Gasteiger partial charge in [-0.3, -0.25) is 14.2 Å². The van der Waals surface area contributed by atoms with Crippen LogP contribution in [0.4, 0.5) is 5.69 Å². The summed E-state index contributed by atoms with van der Waals surface area (Å²) in [4.78, 5) is 26.3. The molecule has 150 valence electrons. The Labute approximate surface area is 174 Å². The van der Waals surface area contributed by atoms with E-state index in [1.807, 2.05) is 48.5 Å². The van der Waals surface area contributed by atoms with E-state index in [2.05, 4.69) is 12.2 Å². The molecule has 0 radical (unpaired) electrons. The van der Waals surface area contributed by atoms with Crippen molar-refractivity contribution >= 4 is 22.4 Å². The summed E-state index contributed by atoms with van der Waals surface area (Å²) in [5.41, 5.74) is 2.77. The number of benzene rings is 3. The highest BCUT2D eigenvalue weighted by Crippen LogP contribution is 2.21. The number of hydrogen-bond donors (Lipinski definition) is 1. The Hall–Kier alpha value is -3.86. The van der Waals surface area contributed by atoms with Crippen LogP contribution in [0.15, 0.2) is 83.8 Å². The van der Waals surface area contributed by atoms with Crippen molar-refractivity contribution in [2.75, 3.05) is 12.4 Å². The molecule has 3 aromatic carbocycles. The van der Waals surface area contributed by atoms with Crippen LogP contribution in [0.2, 0.25) is 0 Å². The SMILES string of the molecule is CCc1ccc(NC(=O)c2cn(-c3cccc(OC)c3)c(=O)c3ccccc23)cc1. The minimum Gasteiger partial charge on any atom is -0.497 e. The van der Waals surface area contributed by atoms with E-state index in [0.29, 0.717) is 33.5 Å². The fourth-order valence-corrected chi connectivity index (χ4v) is 3.45. The van der Waals surface area contributed by atoms with E-state index in [9.17, 15) is 9.59 Å². The van der Waals surface area contributed by atoms with Gasteiger partial charge in [-0.1, -0.05) is 43.3 Å². The van der Waals surface area contributed by atoms with E-state index in [4.69, 9.17) is 4.74 Å². The number of hydrogen-bond acceptors (Lipinski definition) is 3. The van der Waals surface area contributed by atoms with E-state index in [0.717, 1.165) is 6.42 Å². The lowest BCUT2D eigenvalue weighted by Crippen LogP contribution is -2.22. The predicted molar refractivity (Wildman–Crippen MR) is 120 cm³/mol. The Balaban J connectivity index is 1.82. The van der Waals surface area contributed by atoms with Crippen LogP contribution in [0.25, 0.3) is 16.5 Å². The highest BCUT2D eigenvalue weighted by Gasteiger charge is 2.16. The quantitative estimate of drug-likeness (QED) is 0.525. The molecule has 1 N–H and O–H groups in total. The summed E-state index contributed by atoms with van der Waals surface area (Å²) in [5.74, 6) is 0.363. The molecule has 4 rings (SSSR count). The fraction of sp³-hybridized carbons (Fsp3) is 0.120. The number of aryl methyl sites for hydroxylation is 1. The van der Waals surface area contributed by atoms with Gasteiger partial charge >= 0.3 is 0 Å². The van der Waals surface area contributed by atoms with Gasteiger partial charge in [0.15, 0.2) is 0 Å². The topological polar surface area (TPSA) is 60.3 Å². The maximum atomic E-state index is 13.1. The zero-order valence-electron chi connectivity index (χ0n) is 16.9. The predicted octanol–water partition coefficient (Wildman–Crippen LogP) is 4.81. The highest BCUT2D eigenvalue weighted by atomic mass is 16.5. The van der Waals surface area contributed by atoms with E-state index in [-0.39, 0.29) is 11.5 Å². The van der Waals surface area contributed by atoms with Crippen LogP contribution in [-0.4, -0.2) is 17.6 Å². The lowest BCUT2D eigenvalue weighted by molar-refractivity contribution is 0.102. The minimum absolute atomic E-state index is 0.192. The number of methoxy groups -OCH3 is 1. The first-order chi connectivity index (χ1) is 14.6. The number of anilines is 1. The lowest BCUT2D eigenvalue weighted by atomic mass is 10.1. The van der Waals surface area contributed by atoms with Gasteiger partial charge in [-0.25, -0.2) is 0 Å². The van der Waals surface area contributed by atoms with E-state index >= 15 is 0 Å². The lowest BCUT2D eigenvalue weighted by Gasteiger charge is -2.13. The number of ether oxygens (including phenoxy) is 1. The first kappa shape index (κ1) is 19.5. The van der Waals surface area contributed by atoms with Crippen LogP contribution in [0.3, 0.4) is 0 Å². The van der Waals surface area contributed by atoms with Crippen molar-refractivity contribution in [3.8, 4) is 11.4 Å². The summed E-state index contributed by atoms with van der Waals surface area (Å²) < 4.78 is 6.77. The number of rotatable bonds is 5. The first-order valence-corrected chi connectivity index (χ1v) is 9.80. The smallest absolute Gasteiger partial charge is 0.262 e. The minimum atomic E-state index is -0.271. The molecule has 0 saturated heterocycles. The van der Waals surface area contributed by atoms with Gasteiger partial charge in [-0.15, -0.1) is 0 Å². The molecule has 5 nitrogen and oxygen atoms in total. The van der Waals surface area contributed by atoms with Crippen molar-refractivity contribution in [3.63, 3.8) is 0 Å². The third kappa shape index (κ3) is 3.70. The molecule has 4 aromatic rings. The van der Waals surface area contributed by atoms with Crippen molar-refractivity contribution in [2.24, 2.45) is 0 Å². The third-order valence-corrected chi connectivity index (χ3v) is 5.12. The maximum absolute atomic E-state index is 13.1. The fourth-order valence-electron chi connectivity index (χ4n) is 3.45. The average Bonchev–Trinajstić information content (AvgIpc) is 2.80. The molecular weight excluding hydrogens is 376 g/mol. The Bertz CT molecular complexity index is 1270. The Kier molecular flexibility index (Phi) is 5.35. The molecule has 30 heavy (non-hydrogen) atoms. The number of nitrogens with one attached hydrogen (secondary N) is 1. The average molecular weight is 398 g/mol. The second kappa shape index (κ2) is 8.25. The number of carbonyl (C=O) groups excluding carboxylic acids is 1. The summed E-state index contributed by atoms with van der Waals surface area (Å²) >= 11 is 0. The van der Waals surface area contributed by atoms with Gasteiger partial charge in [0.25, 0.3) is 11.5 Å². The molecule has 0 aliphatic rings. The van der Waals surface area contributed by atoms with Gasteiger partial charge in [0.05, 0.1) is 18.4 Å².